The molecule has 2 atom stereocenters. The average Bonchev–Trinajstić information content (AvgIpc) is 3.43. The van der Waals surface area contributed by atoms with E-state index in [4.69, 9.17) is 4.74 Å². The molecule has 5 rings (SSSR count). The molecule has 2 fully saturated rings. The van der Waals surface area contributed by atoms with Gasteiger partial charge in [0.2, 0.25) is 0 Å². The normalized spacial score (nSPS) is 36.7. The SMILES string of the molecule is CN(C)C1(c2ccccc2)CCC2(CC1)CC(N1C=C3C=NC1(C(=O)[O-])O3)NN2.[Li+]. The van der Waals surface area contributed by atoms with Crippen molar-refractivity contribution in [3.05, 3.63) is 47.9 Å². The van der Waals surface area contributed by atoms with Gasteiger partial charge in [-0.2, -0.15) is 0 Å². The number of nitrogens with one attached hydrogen (secondary N) is 2. The first kappa shape index (κ1) is 21.4. The maximum Gasteiger partial charge on any atom is 1.00 e. The monoisotopic (exact) mass is 403 g/mol. The molecule has 3 heterocycles. The molecule has 1 aromatic rings. The molecular formula is C21H26LiN5O3. The third kappa shape index (κ3) is 3.02. The summed E-state index contributed by atoms with van der Waals surface area (Å²) in [7, 11) is 4.31. The van der Waals surface area contributed by atoms with Crippen molar-refractivity contribution in [2.75, 3.05) is 14.1 Å². The molecule has 0 amide bonds. The molecule has 1 spiro atoms. The van der Waals surface area contributed by atoms with Crippen molar-refractivity contribution >= 4 is 12.2 Å². The summed E-state index contributed by atoms with van der Waals surface area (Å²) in [4.78, 5) is 19.8. The first-order valence-corrected chi connectivity index (χ1v) is 10.1. The average molecular weight is 403 g/mol. The van der Waals surface area contributed by atoms with Crippen LogP contribution < -0.4 is 34.8 Å². The molecule has 1 aromatic carbocycles. The van der Waals surface area contributed by atoms with Crippen LogP contribution in [0.1, 0.15) is 37.7 Å². The van der Waals surface area contributed by atoms with E-state index in [1.54, 1.807) is 11.1 Å². The number of ether oxygens (including phenoxy) is 1. The predicted molar refractivity (Wildman–Crippen MR) is 105 cm³/mol. The number of fused-ring (bicyclic) bond motifs is 2. The maximum absolute atomic E-state index is 11.8. The fourth-order valence-corrected chi connectivity index (χ4v) is 5.36. The van der Waals surface area contributed by atoms with E-state index in [0.717, 1.165) is 32.1 Å². The summed E-state index contributed by atoms with van der Waals surface area (Å²) in [5.74, 6) is -2.66. The Morgan fingerprint density at radius 2 is 1.93 bits per heavy atom. The fourth-order valence-electron chi connectivity index (χ4n) is 5.36. The third-order valence-electron chi connectivity index (χ3n) is 7.13. The van der Waals surface area contributed by atoms with E-state index in [1.807, 2.05) is 0 Å². The number of nitrogens with zero attached hydrogens (tertiary/aromatic N) is 3. The van der Waals surface area contributed by atoms with Gasteiger partial charge in [0.05, 0.1) is 18.6 Å². The largest absolute Gasteiger partial charge is 1.00 e. The van der Waals surface area contributed by atoms with Gasteiger partial charge in [-0.3, -0.25) is 9.80 Å². The molecule has 2 unspecified atom stereocenters. The van der Waals surface area contributed by atoms with Crippen LogP contribution >= 0.6 is 0 Å². The Labute approximate surface area is 188 Å². The number of carboxylic acids is 1. The van der Waals surface area contributed by atoms with Crippen LogP contribution in [-0.2, 0) is 15.1 Å². The second-order valence-electron chi connectivity index (χ2n) is 8.76. The number of benzene rings is 1. The minimum Gasteiger partial charge on any atom is -0.542 e. The molecule has 4 aliphatic rings. The van der Waals surface area contributed by atoms with Crippen LogP contribution in [0.3, 0.4) is 0 Å². The molecular weight excluding hydrogens is 377 g/mol. The van der Waals surface area contributed by atoms with Gasteiger partial charge in [-0.25, -0.2) is 15.8 Å². The molecule has 2 N–H and O–H groups in total. The molecule has 30 heavy (non-hydrogen) atoms. The molecule has 8 nitrogen and oxygen atoms in total. The summed E-state index contributed by atoms with van der Waals surface area (Å²) in [6, 6.07) is 10.7. The van der Waals surface area contributed by atoms with Gasteiger partial charge >= 0.3 is 24.7 Å². The third-order valence-corrected chi connectivity index (χ3v) is 7.13. The van der Waals surface area contributed by atoms with E-state index in [2.05, 4.69) is 65.2 Å². The molecule has 1 saturated carbocycles. The smallest absolute Gasteiger partial charge is 0.542 e. The number of hydrogen-bond donors (Lipinski definition) is 2. The van der Waals surface area contributed by atoms with E-state index >= 15 is 0 Å². The minimum atomic E-state index is -1.77. The summed E-state index contributed by atoms with van der Waals surface area (Å²) in [5.41, 5.74) is 8.05. The summed E-state index contributed by atoms with van der Waals surface area (Å²) in [6.45, 7) is 0. The van der Waals surface area contributed by atoms with E-state index in [0.29, 0.717) is 5.76 Å². The van der Waals surface area contributed by atoms with Gasteiger partial charge in [0.25, 0.3) is 0 Å². The van der Waals surface area contributed by atoms with Gasteiger partial charge < -0.3 is 14.6 Å². The molecule has 9 heteroatoms. The van der Waals surface area contributed by atoms with Crippen molar-refractivity contribution in [1.29, 1.82) is 0 Å². The van der Waals surface area contributed by atoms with Crippen LogP contribution in [0.15, 0.2) is 47.3 Å². The number of aliphatic carboxylic acids is 1. The number of carbonyl (C=O) groups is 1. The second kappa shape index (κ2) is 7.40. The fraction of sp³-hybridized carbons (Fsp3) is 0.524. The van der Waals surface area contributed by atoms with Crippen LogP contribution in [0.5, 0.6) is 0 Å². The van der Waals surface area contributed by atoms with Crippen LogP contribution in [0.2, 0.25) is 0 Å². The topological polar surface area (TPSA) is 92.3 Å². The maximum atomic E-state index is 11.8. The molecule has 0 aromatic heterocycles. The zero-order chi connectivity index (χ0) is 20.3. The van der Waals surface area contributed by atoms with Gasteiger partial charge in [-0.05, 0) is 45.3 Å². The van der Waals surface area contributed by atoms with Gasteiger partial charge in [0.1, 0.15) is 5.97 Å². The zero-order valence-corrected chi connectivity index (χ0v) is 17.7. The van der Waals surface area contributed by atoms with E-state index in [-0.39, 0.29) is 36.1 Å². The number of rotatable bonds is 4. The Bertz CT molecular complexity index is 882. The molecule has 3 aliphatic heterocycles. The predicted octanol–water partition coefficient (Wildman–Crippen LogP) is -2.75. The molecule has 2 bridgehead atoms. The van der Waals surface area contributed by atoms with Crippen LogP contribution in [0.4, 0.5) is 0 Å². The van der Waals surface area contributed by atoms with Crippen LogP contribution in [0, 0.1) is 0 Å². The summed E-state index contributed by atoms with van der Waals surface area (Å²) in [5, 5.41) is 11.8. The van der Waals surface area contributed by atoms with Crippen molar-refractivity contribution in [1.82, 2.24) is 20.7 Å². The van der Waals surface area contributed by atoms with Gasteiger partial charge in [-0.1, -0.05) is 30.3 Å². The van der Waals surface area contributed by atoms with Gasteiger partial charge in [0.15, 0.2) is 5.76 Å². The molecule has 0 radical (unpaired) electrons. The quantitative estimate of drug-likeness (QED) is 0.527. The number of carbonyl (C=O) groups excluding carboxylic acids is 1. The Hall–Kier alpha value is -1.82. The van der Waals surface area contributed by atoms with Gasteiger partial charge in [0, 0.05) is 17.5 Å². The summed E-state index contributed by atoms with van der Waals surface area (Å²) < 4.78 is 5.47. The Morgan fingerprint density at radius 3 is 2.53 bits per heavy atom. The van der Waals surface area contributed by atoms with Crippen molar-refractivity contribution in [2.24, 2.45) is 4.99 Å². The number of hydrogen-bond acceptors (Lipinski definition) is 8. The first-order chi connectivity index (χ1) is 13.9. The number of aliphatic imine (C=N–C) groups is 1. The zero-order valence-electron chi connectivity index (χ0n) is 17.7. The second-order valence-corrected chi connectivity index (χ2v) is 8.76. The van der Waals surface area contributed by atoms with Crippen molar-refractivity contribution < 1.29 is 33.5 Å². The Kier molecular flexibility index (Phi) is 5.28. The Balaban J connectivity index is 0.00000218. The molecule has 154 valence electrons. The van der Waals surface area contributed by atoms with E-state index in [1.165, 1.54) is 11.8 Å². The summed E-state index contributed by atoms with van der Waals surface area (Å²) in [6.07, 6.45) is 7.69. The number of carboxylic acid groups (broad SMARTS) is 1. The van der Waals surface area contributed by atoms with Crippen molar-refractivity contribution in [3.63, 3.8) is 0 Å². The van der Waals surface area contributed by atoms with Crippen LogP contribution in [-0.4, -0.2) is 53.6 Å². The van der Waals surface area contributed by atoms with E-state index < -0.39 is 11.8 Å². The van der Waals surface area contributed by atoms with E-state index in [9.17, 15) is 9.90 Å². The molecule has 1 saturated heterocycles. The van der Waals surface area contributed by atoms with Crippen molar-refractivity contribution in [3.8, 4) is 0 Å². The summed E-state index contributed by atoms with van der Waals surface area (Å²) >= 11 is 0. The Morgan fingerprint density at radius 1 is 1.23 bits per heavy atom. The number of allylic oxidation sites excluding steroid dienone is 1. The molecule has 1 aliphatic carbocycles. The number of hydrazine groups is 1. The van der Waals surface area contributed by atoms with Gasteiger partial charge in [-0.15, -0.1) is 0 Å². The first-order valence-electron chi connectivity index (χ1n) is 10.1. The van der Waals surface area contributed by atoms with Crippen molar-refractivity contribution in [2.45, 2.75) is 55.2 Å². The van der Waals surface area contributed by atoms with Crippen LogP contribution in [0.25, 0.3) is 0 Å². The standard InChI is InChI=1S/C21H27N5O3.Li/c1-25(2)20(15-6-4-3-5-7-15)10-8-19(9-11-20)12-17(23-24-19)26-14-16-13-22-21(26,29-16)18(27)28;/h3-7,13-14,17,23-24H,8-12H2,1-2H3,(H,27,28);/q;+1/p-1. The minimum absolute atomic E-state index is 0.